The zero-order valence-electron chi connectivity index (χ0n) is 12.0. The predicted molar refractivity (Wildman–Crippen MR) is 78.4 cm³/mol. The van der Waals surface area contributed by atoms with Crippen LogP contribution < -0.4 is 5.32 Å². The van der Waals surface area contributed by atoms with E-state index in [4.69, 9.17) is 4.42 Å². The highest BCUT2D eigenvalue weighted by Gasteiger charge is 2.12. The molecule has 0 saturated carbocycles. The van der Waals surface area contributed by atoms with Crippen molar-refractivity contribution in [2.24, 2.45) is 0 Å². The van der Waals surface area contributed by atoms with Crippen molar-refractivity contribution in [2.45, 2.75) is 46.1 Å². The molecule has 2 rings (SSSR count). The van der Waals surface area contributed by atoms with Gasteiger partial charge in [-0.3, -0.25) is 0 Å². The molecule has 0 spiro atoms. The quantitative estimate of drug-likeness (QED) is 0.912. The van der Waals surface area contributed by atoms with E-state index in [1.165, 1.54) is 0 Å². The lowest BCUT2D eigenvalue weighted by atomic mass is 10.1. The molecule has 0 aromatic carbocycles. The van der Waals surface area contributed by atoms with Crippen molar-refractivity contribution in [3.05, 3.63) is 22.9 Å². The summed E-state index contributed by atoms with van der Waals surface area (Å²) < 4.78 is 5.68. The molecule has 0 amide bonds. The molecule has 4 nitrogen and oxygen atoms in total. The van der Waals surface area contributed by atoms with Gasteiger partial charge in [-0.05, 0) is 32.9 Å². The lowest BCUT2D eigenvalue weighted by Gasteiger charge is -2.19. The van der Waals surface area contributed by atoms with Gasteiger partial charge in [-0.25, -0.2) is 0 Å². The van der Waals surface area contributed by atoms with Crippen LogP contribution in [0.2, 0.25) is 0 Å². The molecule has 2 aromatic heterocycles. The van der Waals surface area contributed by atoms with Crippen LogP contribution in [0.1, 0.15) is 38.5 Å². The summed E-state index contributed by atoms with van der Waals surface area (Å²) in [5.74, 6) is 1.81. The number of nitrogens with zero attached hydrogens (tertiary/aromatic N) is 2. The Kier molecular flexibility index (Phi) is 4.37. The molecule has 0 aliphatic carbocycles. The standard InChI is InChI=1S/C14H21N3OS/c1-5-10-6-7-11(18-10)13-17-16-12(19-13)8-9-15-14(2,3)4/h6-7,15H,5,8-9H2,1-4H3. The van der Waals surface area contributed by atoms with Crippen molar-refractivity contribution in [3.63, 3.8) is 0 Å². The topological polar surface area (TPSA) is 51.0 Å². The van der Waals surface area contributed by atoms with Crippen molar-refractivity contribution < 1.29 is 4.42 Å². The Morgan fingerprint density at radius 1 is 1.26 bits per heavy atom. The fourth-order valence-corrected chi connectivity index (χ4v) is 2.48. The summed E-state index contributed by atoms with van der Waals surface area (Å²) in [4.78, 5) is 0. The molecule has 0 aliphatic heterocycles. The third-order valence-corrected chi connectivity index (χ3v) is 3.68. The molecule has 2 heterocycles. The van der Waals surface area contributed by atoms with Crippen molar-refractivity contribution in [2.75, 3.05) is 6.54 Å². The number of furan rings is 1. The van der Waals surface area contributed by atoms with Gasteiger partial charge in [-0.15, -0.1) is 10.2 Å². The van der Waals surface area contributed by atoms with Gasteiger partial charge < -0.3 is 9.73 Å². The van der Waals surface area contributed by atoms with Crippen LogP contribution in [-0.2, 0) is 12.8 Å². The first-order chi connectivity index (χ1) is 8.98. The highest BCUT2D eigenvalue weighted by Crippen LogP contribution is 2.25. The van der Waals surface area contributed by atoms with Crippen LogP contribution in [-0.4, -0.2) is 22.3 Å². The molecule has 0 bridgehead atoms. The van der Waals surface area contributed by atoms with Crippen LogP contribution in [0.3, 0.4) is 0 Å². The molecule has 0 saturated heterocycles. The van der Waals surface area contributed by atoms with E-state index in [-0.39, 0.29) is 5.54 Å². The minimum absolute atomic E-state index is 0.143. The second-order valence-electron chi connectivity index (χ2n) is 5.55. The Hall–Kier alpha value is -1.20. The van der Waals surface area contributed by atoms with Crippen molar-refractivity contribution >= 4 is 11.3 Å². The summed E-state index contributed by atoms with van der Waals surface area (Å²) in [5, 5.41) is 13.8. The van der Waals surface area contributed by atoms with Gasteiger partial charge in [-0.1, -0.05) is 18.3 Å². The maximum Gasteiger partial charge on any atom is 0.183 e. The molecule has 19 heavy (non-hydrogen) atoms. The molecule has 0 atom stereocenters. The molecule has 5 heteroatoms. The molecule has 0 aliphatic rings. The van der Waals surface area contributed by atoms with Crippen LogP contribution in [0.5, 0.6) is 0 Å². The molecule has 1 N–H and O–H groups in total. The van der Waals surface area contributed by atoms with Gasteiger partial charge >= 0.3 is 0 Å². The summed E-state index contributed by atoms with van der Waals surface area (Å²) in [5.41, 5.74) is 0.143. The average molecular weight is 279 g/mol. The number of hydrogen-bond donors (Lipinski definition) is 1. The van der Waals surface area contributed by atoms with Gasteiger partial charge in [0.15, 0.2) is 10.8 Å². The normalized spacial score (nSPS) is 12.0. The van der Waals surface area contributed by atoms with Crippen LogP contribution in [0.4, 0.5) is 0 Å². The third kappa shape index (κ3) is 4.14. The van der Waals surface area contributed by atoms with Crippen LogP contribution in [0, 0.1) is 0 Å². The minimum Gasteiger partial charge on any atom is -0.459 e. The lowest BCUT2D eigenvalue weighted by molar-refractivity contribution is 0.429. The zero-order chi connectivity index (χ0) is 13.9. The van der Waals surface area contributed by atoms with Crippen LogP contribution in [0.15, 0.2) is 16.5 Å². The van der Waals surface area contributed by atoms with Crippen molar-refractivity contribution in [1.29, 1.82) is 0 Å². The minimum atomic E-state index is 0.143. The van der Waals surface area contributed by atoms with Gasteiger partial charge in [0, 0.05) is 24.9 Å². The smallest absolute Gasteiger partial charge is 0.183 e. The first-order valence-corrected chi connectivity index (χ1v) is 7.46. The second-order valence-corrected chi connectivity index (χ2v) is 6.61. The third-order valence-electron chi connectivity index (χ3n) is 2.68. The number of hydrogen-bond acceptors (Lipinski definition) is 5. The Bertz CT molecular complexity index is 525. The Labute approximate surface area is 118 Å². The summed E-state index contributed by atoms with van der Waals surface area (Å²) in [7, 11) is 0. The van der Waals surface area contributed by atoms with Crippen molar-refractivity contribution in [1.82, 2.24) is 15.5 Å². The average Bonchev–Trinajstić information content (AvgIpc) is 2.94. The summed E-state index contributed by atoms with van der Waals surface area (Å²) in [6, 6.07) is 3.97. The SMILES string of the molecule is CCc1ccc(-c2nnc(CCNC(C)(C)C)s2)o1. The van der Waals surface area contributed by atoms with Crippen LogP contribution in [0.25, 0.3) is 10.8 Å². The van der Waals surface area contributed by atoms with E-state index in [0.29, 0.717) is 0 Å². The van der Waals surface area contributed by atoms with Crippen LogP contribution >= 0.6 is 11.3 Å². The van der Waals surface area contributed by atoms with Gasteiger partial charge in [-0.2, -0.15) is 0 Å². The Morgan fingerprint density at radius 2 is 2.05 bits per heavy atom. The fourth-order valence-electron chi connectivity index (χ4n) is 1.68. The fraction of sp³-hybridized carbons (Fsp3) is 0.571. The predicted octanol–water partition coefficient (Wildman–Crippen LogP) is 3.29. The molecule has 0 unspecified atom stereocenters. The van der Waals surface area contributed by atoms with E-state index in [0.717, 1.165) is 40.9 Å². The summed E-state index contributed by atoms with van der Waals surface area (Å²) >= 11 is 1.60. The highest BCUT2D eigenvalue weighted by molar-refractivity contribution is 7.14. The number of nitrogens with one attached hydrogen (secondary N) is 1. The van der Waals surface area contributed by atoms with Gasteiger partial charge in [0.1, 0.15) is 10.8 Å². The summed E-state index contributed by atoms with van der Waals surface area (Å²) in [6.07, 6.45) is 1.80. The molecule has 0 fully saturated rings. The van der Waals surface area contributed by atoms with Gasteiger partial charge in [0.05, 0.1) is 0 Å². The molecule has 104 valence electrons. The zero-order valence-corrected chi connectivity index (χ0v) is 12.8. The lowest BCUT2D eigenvalue weighted by Crippen LogP contribution is -2.37. The number of rotatable bonds is 5. The number of aryl methyl sites for hydroxylation is 1. The highest BCUT2D eigenvalue weighted by atomic mass is 32.1. The monoisotopic (exact) mass is 279 g/mol. The van der Waals surface area contributed by atoms with E-state index in [1.807, 2.05) is 12.1 Å². The molecular formula is C14H21N3OS. The first-order valence-electron chi connectivity index (χ1n) is 6.64. The van der Waals surface area contributed by atoms with E-state index in [2.05, 4.69) is 43.2 Å². The van der Waals surface area contributed by atoms with E-state index < -0.39 is 0 Å². The Morgan fingerprint density at radius 3 is 2.68 bits per heavy atom. The largest absolute Gasteiger partial charge is 0.459 e. The van der Waals surface area contributed by atoms with E-state index in [1.54, 1.807) is 11.3 Å². The maximum absolute atomic E-state index is 5.68. The van der Waals surface area contributed by atoms with Gasteiger partial charge in [0.2, 0.25) is 0 Å². The van der Waals surface area contributed by atoms with E-state index >= 15 is 0 Å². The first kappa shape index (κ1) is 14.2. The molecule has 0 radical (unpaired) electrons. The summed E-state index contributed by atoms with van der Waals surface area (Å²) in [6.45, 7) is 9.47. The Balaban J connectivity index is 1.95. The molecular weight excluding hydrogens is 258 g/mol. The van der Waals surface area contributed by atoms with Gasteiger partial charge in [0.25, 0.3) is 0 Å². The maximum atomic E-state index is 5.68. The van der Waals surface area contributed by atoms with E-state index in [9.17, 15) is 0 Å². The van der Waals surface area contributed by atoms with Crippen molar-refractivity contribution in [3.8, 4) is 10.8 Å². The second kappa shape index (κ2) is 5.84. The number of aromatic nitrogens is 2. The molecule has 2 aromatic rings.